The van der Waals surface area contributed by atoms with Gasteiger partial charge in [-0.2, -0.15) is 4.31 Å². The van der Waals surface area contributed by atoms with Gasteiger partial charge in [0, 0.05) is 19.6 Å². The molecule has 1 aliphatic heterocycles. The number of nitrogens with zero attached hydrogens (tertiary/aromatic N) is 1. The number of carbonyl (C=O) groups is 1. The van der Waals surface area contributed by atoms with Crippen molar-refractivity contribution < 1.29 is 17.9 Å². The topological polar surface area (TPSA) is 75.7 Å². The van der Waals surface area contributed by atoms with E-state index in [0.29, 0.717) is 53.2 Å². The lowest BCUT2D eigenvalue weighted by Crippen LogP contribution is -2.41. The number of benzene rings is 2. The van der Waals surface area contributed by atoms with Crippen LogP contribution in [0.4, 0.5) is 0 Å². The van der Waals surface area contributed by atoms with Gasteiger partial charge in [-0.15, -0.1) is 0 Å². The third-order valence-electron chi connectivity index (χ3n) is 5.05. The minimum absolute atomic E-state index is 0.118. The monoisotopic (exact) mass is 470 g/mol. The minimum Gasteiger partial charge on any atom is -0.491 e. The van der Waals surface area contributed by atoms with E-state index in [2.05, 4.69) is 5.32 Å². The number of piperidine rings is 1. The van der Waals surface area contributed by atoms with Crippen molar-refractivity contribution >= 4 is 39.1 Å². The molecular formula is C21H24Cl2N2O4S. The highest BCUT2D eigenvalue weighted by molar-refractivity contribution is 7.89. The Kier molecular flexibility index (Phi) is 7.99. The van der Waals surface area contributed by atoms with E-state index in [-0.39, 0.29) is 24.9 Å². The Morgan fingerprint density at radius 2 is 1.77 bits per heavy atom. The maximum absolute atomic E-state index is 12.7. The second-order valence-electron chi connectivity index (χ2n) is 7.12. The standard InChI is InChI=1S/C21H24Cl2N2O4S/c22-18-7-4-8-19(21(18)23)29-14-11-20(26)24-15-16-9-12-25(13-10-16)30(27,28)17-5-2-1-3-6-17/h1-8,16H,9-15H2,(H,24,26). The van der Waals surface area contributed by atoms with Gasteiger partial charge >= 0.3 is 0 Å². The van der Waals surface area contributed by atoms with Crippen molar-refractivity contribution in [1.29, 1.82) is 0 Å². The van der Waals surface area contributed by atoms with Gasteiger partial charge in [0.15, 0.2) is 0 Å². The Morgan fingerprint density at radius 1 is 1.07 bits per heavy atom. The molecule has 1 amide bonds. The van der Waals surface area contributed by atoms with Crippen LogP contribution in [0.5, 0.6) is 5.75 Å². The Labute approximate surface area is 187 Å². The fourth-order valence-electron chi connectivity index (χ4n) is 3.29. The first kappa shape index (κ1) is 22.9. The van der Waals surface area contributed by atoms with E-state index >= 15 is 0 Å². The van der Waals surface area contributed by atoms with Crippen molar-refractivity contribution in [3.05, 3.63) is 58.6 Å². The van der Waals surface area contributed by atoms with Crippen LogP contribution in [0.2, 0.25) is 10.0 Å². The fourth-order valence-corrected chi connectivity index (χ4v) is 5.13. The van der Waals surface area contributed by atoms with Gasteiger partial charge < -0.3 is 10.1 Å². The molecular weight excluding hydrogens is 447 g/mol. The molecule has 0 spiro atoms. The molecule has 1 heterocycles. The molecule has 0 aromatic heterocycles. The zero-order chi connectivity index (χ0) is 21.6. The van der Waals surface area contributed by atoms with Gasteiger partial charge in [0.2, 0.25) is 15.9 Å². The van der Waals surface area contributed by atoms with Gasteiger partial charge in [-0.3, -0.25) is 4.79 Å². The molecule has 0 bridgehead atoms. The molecule has 1 aliphatic rings. The summed E-state index contributed by atoms with van der Waals surface area (Å²) in [5.74, 6) is 0.580. The average Bonchev–Trinajstić information content (AvgIpc) is 2.76. The molecule has 0 atom stereocenters. The van der Waals surface area contributed by atoms with Crippen molar-refractivity contribution in [2.24, 2.45) is 5.92 Å². The van der Waals surface area contributed by atoms with Gasteiger partial charge in [-0.25, -0.2) is 8.42 Å². The first-order valence-electron chi connectivity index (χ1n) is 9.76. The number of hydrogen-bond donors (Lipinski definition) is 1. The summed E-state index contributed by atoms with van der Waals surface area (Å²) in [6.07, 6.45) is 1.62. The lowest BCUT2D eigenvalue weighted by atomic mass is 9.98. The van der Waals surface area contributed by atoms with E-state index in [4.69, 9.17) is 27.9 Å². The van der Waals surface area contributed by atoms with E-state index in [9.17, 15) is 13.2 Å². The zero-order valence-corrected chi connectivity index (χ0v) is 18.7. The lowest BCUT2D eigenvalue weighted by molar-refractivity contribution is -0.121. The molecule has 0 unspecified atom stereocenters. The highest BCUT2D eigenvalue weighted by atomic mass is 35.5. The van der Waals surface area contributed by atoms with Crippen molar-refractivity contribution in [3.8, 4) is 5.75 Å². The number of hydrogen-bond acceptors (Lipinski definition) is 4. The third-order valence-corrected chi connectivity index (χ3v) is 7.76. The van der Waals surface area contributed by atoms with Crippen LogP contribution in [0, 0.1) is 5.92 Å². The quantitative estimate of drug-likeness (QED) is 0.632. The molecule has 1 fully saturated rings. The molecule has 1 saturated heterocycles. The van der Waals surface area contributed by atoms with Crippen LogP contribution in [0.25, 0.3) is 0 Å². The molecule has 0 aliphatic carbocycles. The average molecular weight is 471 g/mol. The zero-order valence-electron chi connectivity index (χ0n) is 16.4. The molecule has 9 heteroatoms. The molecule has 2 aromatic rings. The number of carbonyl (C=O) groups excluding carboxylic acids is 1. The maximum Gasteiger partial charge on any atom is 0.243 e. The molecule has 0 saturated carbocycles. The Bertz CT molecular complexity index is 962. The second kappa shape index (κ2) is 10.5. The number of halogens is 2. The first-order valence-corrected chi connectivity index (χ1v) is 12.0. The van der Waals surface area contributed by atoms with Crippen molar-refractivity contribution in [2.45, 2.75) is 24.2 Å². The van der Waals surface area contributed by atoms with Gasteiger partial charge in [-0.05, 0) is 43.0 Å². The highest BCUT2D eigenvalue weighted by Gasteiger charge is 2.29. The summed E-state index contributed by atoms with van der Waals surface area (Å²) in [5, 5.41) is 3.64. The summed E-state index contributed by atoms with van der Waals surface area (Å²) < 4.78 is 32.4. The molecule has 3 rings (SSSR count). The normalized spacial score (nSPS) is 15.7. The highest BCUT2D eigenvalue weighted by Crippen LogP contribution is 2.31. The van der Waals surface area contributed by atoms with Crippen molar-refractivity contribution in [3.63, 3.8) is 0 Å². The van der Waals surface area contributed by atoms with Crippen LogP contribution in [0.1, 0.15) is 19.3 Å². The molecule has 1 N–H and O–H groups in total. The van der Waals surface area contributed by atoms with E-state index in [1.807, 2.05) is 0 Å². The predicted molar refractivity (Wildman–Crippen MR) is 118 cm³/mol. The maximum atomic E-state index is 12.7. The van der Waals surface area contributed by atoms with Crippen LogP contribution in [0.15, 0.2) is 53.4 Å². The summed E-state index contributed by atoms with van der Waals surface area (Å²) in [4.78, 5) is 12.4. The summed E-state index contributed by atoms with van der Waals surface area (Å²) in [6, 6.07) is 13.6. The van der Waals surface area contributed by atoms with E-state index in [1.54, 1.807) is 48.5 Å². The van der Waals surface area contributed by atoms with Crippen LogP contribution in [-0.4, -0.2) is 44.9 Å². The fraction of sp³-hybridized carbons (Fsp3) is 0.381. The van der Waals surface area contributed by atoms with Crippen LogP contribution in [-0.2, 0) is 14.8 Å². The Hall–Kier alpha value is -1.80. The van der Waals surface area contributed by atoms with Gasteiger partial charge in [0.1, 0.15) is 10.8 Å². The van der Waals surface area contributed by atoms with Crippen LogP contribution in [0.3, 0.4) is 0 Å². The predicted octanol–water partition coefficient (Wildman–Crippen LogP) is 3.98. The largest absolute Gasteiger partial charge is 0.491 e. The molecule has 6 nitrogen and oxygen atoms in total. The molecule has 162 valence electrons. The molecule has 2 aromatic carbocycles. The smallest absolute Gasteiger partial charge is 0.243 e. The van der Waals surface area contributed by atoms with E-state index < -0.39 is 10.0 Å². The number of nitrogens with one attached hydrogen (secondary N) is 1. The van der Waals surface area contributed by atoms with Crippen LogP contribution < -0.4 is 10.1 Å². The summed E-state index contributed by atoms with van der Waals surface area (Å²) in [6.45, 7) is 1.62. The SMILES string of the molecule is O=C(CCOc1cccc(Cl)c1Cl)NCC1CCN(S(=O)(=O)c2ccccc2)CC1. The number of amides is 1. The Balaban J connectivity index is 1.38. The van der Waals surface area contributed by atoms with Crippen molar-refractivity contribution in [1.82, 2.24) is 9.62 Å². The van der Waals surface area contributed by atoms with Crippen LogP contribution >= 0.6 is 23.2 Å². The Morgan fingerprint density at radius 3 is 2.47 bits per heavy atom. The molecule has 0 radical (unpaired) electrons. The first-order chi connectivity index (χ1) is 14.4. The minimum atomic E-state index is -3.45. The lowest BCUT2D eigenvalue weighted by Gasteiger charge is -2.31. The van der Waals surface area contributed by atoms with Gasteiger partial charge in [0.05, 0.1) is 22.9 Å². The third kappa shape index (κ3) is 5.88. The number of sulfonamides is 1. The van der Waals surface area contributed by atoms with Gasteiger partial charge in [0.25, 0.3) is 0 Å². The summed E-state index contributed by atoms with van der Waals surface area (Å²) >= 11 is 12.0. The number of ether oxygens (including phenoxy) is 1. The summed E-state index contributed by atoms with van der Waals surface area (Å²) in [5.41, 5.74) is 0. The van der Waals surface area contributed by atoms with Crippen molar-refractivity contribution in [2.75, 3.05) is 26.2 Å². The molecule has 30 heavy (non-hydrogen) atoms. The second-order valence-corrected chi connectivity index (χ2v) is 9.84. The van der Waals surface area contributed by atoms with Gasteiger partial charge in [-0.1, -0.05) is 47.5 Å². The van der Waals surface area contributed by atoms with E-state index in [1.165, 1.54) is 4.31 Å². The number of rotatable bonds is 8. The summed E-state index contributed by atoms with van der Waals surface area (Å²) in [7, 11) is -3.45. The van der Waals surface area contributed by atoms with E-state index in [0.717, 1.165) is 0 Å².